The largest absolute Gasteiger partial charge is 0.454 e. The van der Waals surface area contributed by atoms with Gasteiger partial charge in [-0.15, -0.1) is 0 Å². The molecule has 0 fully saturated rings. The van der Waals surface area contributed by atoms with Crippen LogP contribution < -0.4 is 9.47 Å². The number of rotatable bonds is 2. The first-order valence-electron chi connectivity index (χ1n) is 10.6. The van der Waals surface area contributed by atoms with Gasteiger partial charge in [0.2, 0.25) is 16.3 Å². The minimum Gasteiger partial charge on any atom is -0.454 e. The van der Waals surface area contributed by atoms with E-state index in [0.717, 1.165) is 16.7 Å². The number of hydrogen-bond acceptors (Lipinski definition) is 5. The molecule has 3 aliphatic heterocycles. The molecule has 7 nitrogen and oxygen atoms in total. The Bertz CT molecular complexity index is 1010. The molecule has 4 rings (SSSR count). The lowest BCUT2D eigenvalue weighted by molar-refractivity contribution is -0.581. The van der Waals surface area contributed by atoms with Crippen LogP contribution in [0.3, 0.4) is 0 Å². The van der Waals surface area contributed by atoms with Crippen molar-refractivity contribution < 1.29 is 28.2 Å². The average molecular weight is 518 g/mol. The molecule has 178 valence electrons. The molecule has 1 aromatic carbocycles. The molecule has 0 spiro atoms. The van der Waals surface area contributed by atoms with Gasteiger partial charge in [0.05, 0.1) is 13.8 Å². The van der Waals surface area contributed by atoms with Gasteiger partial charge in [-0.25, -0.2) is 9.22 Å². The Balaban J connectivity index is 1.61. The maximum atomic E-state index is 12.7. The smallest absolute Gasteiger partial charge is 0.423 e. The number of ether oxygens (including phenoxy) is 4. The van der Waals surface area contributed by atoms with Crippen LogP contribution >= 0.6 is 34.8 Å². The highest BCUT2D eigenvalue weighted by Gasteiger charge is 2.37. The summed E-state index contributed by atoms with van der Waals surface area (Å²) in [6.45, 7) is 4.51. The molecule has 0 aliphatic carbocycles. The van der Waals surface area contributed by atoms with Crippen LogP contribution in [0.4, 0.5) is 4.79 Å². The van der Waals surface area contributed by atoms with Crippen LogP contribution in [0.1, 0.15) is 37.8 Å². The molecule has 10 heteroatoms. The predicted molar refractivity (Wildman–Crippen MR) is 126 cm³/mol. The van der Waals surface area contributed by atoms with Gasteiger partial charge in [-0.2, -0.15) is 0 Å². The van der Waals surface area contributed by atoms with Crippen molar-refractivity contribution in [2.75, 3.05) is 26.5 Å². The van der Waals surface area contributed by atoms with Crippen LogP contribution in [-0.2, 0) is 20.3 Å². The minimum atomic E-state index is -1.66. The molecular weight excluding hydrogens is 493 g/mol. The van der Waals surface area contributed by atoms with E-state index in [2.05, 4.69) is 6.08 Å². The van der Waals surface area contributed by atoms with Gasteiger partial charge in [-0.05, 0) is 54.2 Å². The highest BCUT2D eigenvalue weighted by molar-refractivity contribution is 6.67. The maximum absolute atomic E-state index is 12.7. The van der Waals surface area contributed by atoms with Crippen molar-refractivity contribution in [3.05, 3.63) is 40.7 Å². The SMILES string of the molecule is CC1(C)O/C(=C/C2=C/c3cc4c(cc3CCN(C(=O)OCC(Cl)(Cl)Cl)CCC2)OCO4)C=[O+]1. The molecule has 1 aromatic rings. The summed E-state index contributed by atoms with van der Waals surface area (Å²) in [5.74, 6) is 1.33. The van der Waals surface area contributed by atoms with E-state index < -0.39 is 15.7 Å². The molecule has 0 aromatic heterocycles. The van der Waals surface area contributed by atoms with Gasteiger partial charge >= 0.3 is 18.2 Å². The minimum absolute atomic E-state index is 0.184. The van der Waals surface area contributed by atoms with Gasteiger partial charge in [-0.3, -0.25) is 0 Å². The molecule has 0 N–H and O–H groups in total. The van der Waals surface area contributed by atoms with E-state index in [-0.39, 0.29) is 13.4 Å². The molecule has 0 atom stereocenters. The van der Waals surface area contributed by atoms with Crippen molar-refractivity contribution in [1.29, 1.82) is 0 Å². The van der Waals surface area contributed by atoms with Crippen molar-refractivity contribution in [3.63, 3.8) is 0 Å². The first-order valence-corrected chi connectivity index (χ1v) is 11.7. The lowest BCUT2D eigenvalue weighted by Crippen LogP contribution is -2.36. The summed E-state index contributed by atoms with van der Waals surface area (Å²) in [6.07, 6.45) is 7.16. The van der Waals surface area contributed by atoms with Gasteiger partial charge in [-0.1, -0.05) is 40.9 Å². The van der Waals surface area contributed by atoms with Crippen LogP contribution in [0, 0.1) is 0 Å². The lowest BCUT2D eigenvalue weighted by atomic mass is 9.97. The Morgan fingerprint density at radius 1 is 1.21 bits per heavy atom. The van der Waals surface area contributed by atoms with Gasteiger partial charge in [0.15, 0.2) is 11.5 Å². The van der Waals surface area contributed by atoms with Crippen molar-refractivity contribution in [2.45, 2.75) is 42.7 Å². The van der Waals surface area contributed by atoms with Crippen LogP contribution in [0.15, 0.2) is 29.5 Å². The number of benzene rings is 1. The van der Waals surface area contributed by atoms with Crippen LogP contribution in [0.25, 0.3) is 6.08 Å². The third kappa shape index (κ3) is 6.49. The molecule has 0 bridgehead atoms. The molecule has 33 heavy (non-hydrogen) atoms. The number of fused-ring (bicyclic) bond motifs is 2. The number of carbonyl (C=O) groups is 1. The Kier molecular flexibility index (Phi) is 7.03. The number of hydrogen-bond donors (Lipinski definition) is 0. The third-order valence-corrected chi connectivity index (χ3v) is 5.61. The Hall–Kier alpha value is -2.09. The highest BCUT2D eigenvalue weighted by atomic mass is 35.6. The molecule has 0 unspecified atom stereocenters. The zero-order valence-electron chi connectivity index (χ0n) is 18.4. The Morgan fingerprint density at radius 3 is 2.67 bits per heavy atom. The summed E-state index contributed by atoms with van der Waals surface area (Å²) < 4.78 is 26.1. The standard InChI is InChI=1S/C23H25Cl3NO6/c1-22(2)32-12-18(33-22)9-15-4-3-6-27(21(28)29-13-23(24,25)26)7-5-16-10-19-20(31-14-30-19)11-17(16)8-15/h8-12H,3-7,13-14H2,1-2H3/q+1. The Morgan fingerprint density at radius 2 is 1.97 bits per heavy atom. The summed E-state index contributed by atoms with van der Waals surface area (Å²) in [6, 6.07) is 3.92. The van der Waals surface area contributed by atoms with Crippen molar-refractivity contribution in [3.8, 4) is 11.5 Å². The van der Waals surface area contributed by atoms with Crippen molar-refractivity contribution in [2.24, 2.45) is 0 Å². The summed E-state index contributed by atoms with van der Waals surface area (Å²) in [7, 11) is 0. The van der Waals surface area contributed by atoms with Gasteiger partial charge in [0.25, 0.3) is 0 Å². The molecule has 0 radical (unpaired) electrons. The normalized spacial score (nSPS) is 22.4. The number of amides is 1. The Labute approximate surface area is 207 Å². The van der Waals surface area contributed by atoms with Crippen molar-refractivity contribution in [1.82, 2.24) is 4.90 Å². The highest BCUT2D eigenvalue weighted by Crippen LogP contribution is 2.37. The van der Waals surface area contributed by atoms with Gasteiger partial charge < -0.3 is 23.8 Å². The second-order valence-corrected chi connectivity index (χ2v) is 10.9. The molecule has 1 amide bonds. The van der Waals surface area contributed by atoms with E-state index in [1.54, 1.807) is 11.2 Å². The number of alkyl halides is 3. The van der Waals surface area contributed by atoms with E-state index >= 15 is 0 Å². The van der Waals surface area contributed by atoms with E-state index in [1.807, 2.05) is 32.1 Å². The van der Waals surface area contributed by atoms with Crippen LogP contribution in [0.5, 0.6) is 11.5 Å². The summed E-state index contributed by atoms with van der Waals surface area (Å²) in [4.78, 5) is 14.3. The summed E-state index contributed by atoms with van der Waals surface area (Å²) in [5.41, 5.74) is 3.03. The number of allylic oxidation sites excluding steroid dienone is 3. The van der Waals surface area contributed by atoms with Crippen LogP contribution in [0.2, 0.25) is 0 Å². The third-order valence-electron chi connectivity index (χ3n) is 5.29. The fraction of sp³-hybridized carbons (Fsp3) is 0.478. The average Bonchev–Trinajstić information content (AvgIpc) is 3.32. The van der Waals surface area contributed by atoms with E-state index in [4.69, 9.17) is 58.2 Å². The second kappa shape index (κ2) is 9.65. The molecule has 0 saturated heterocycles. The monoisotopic (exact) mass is 516 g/mol. The van der Waals surface area contributed by atoms with Gasteiger partial charge in [0, 0.05) is 13.1 Å². The van der Waals surface area contributed by atoms with E-state index in [1.165, 1.54) is 0 Å². The van der Waals surface area contributed by atoms with Crippen LogP contribution in [-0.4, -0.2) is 53.3 Å². The molecule has 3 aliphatic rings. The zero-order chi connectivity index (χ0) is 23.6. The first kappa shape index (κ1) is 24.0. The molecular formula is C23H25Cl3NO6+. The second-order valence-electron chi connectivity index (χ2n) is 8.42. The topological polar surface area (TPSA) is 68.5 Å². The zero-order valence-corrected chi connectivity index (χ0v) is 20.6. The number of carbonyl (C=O) groups excluding carboxylic acids is 2. The number of halogens is 3. The fourth-order valence-electron chi connectivity index (χ4n) is 3.77. The summed E-state index contributed by atoms with van der Waals surface area (Å²) >= 11 is 17.2. The van der Waals surface area contributed by atoms with Gasteiger partial charge in [0.1, 0.15) is 6.61 Å². The maximum Gasteiger partial charge on any atom is 0.423 e. The predicted octanol–water partition coefficient (Wildman–Crippen LogP) is 5.33. The molecule has 0 saturated carbocycles. The molecule has 3 heterocycles. The van der Waals surface area contributed by atoms with E-state index in [0.29, 0.717) is 49.6 Å². The van der Waals surface area contributed by atoms with E-state index in [9.17, 15) is 4.79 Å². The fourth-order valence-corrected chi connectivity index (χ4v) is 3.94. The number of aldehydes is 1. The first-order chi connectivity index (χ1) is 15.6. The lowest BCUT2D eigenvalue weighted by Gasteiger charge is -2.25. The summed E-state index contributed by atoms with van der Waals surface area (Å²) in [5, 5.41) is 0. The quantitative estimate of drug-likeness (QED) is 0.230. The number of nitrogens with zero attached hydrogens (tertiary/aromatic N) is 1. The van der Waals surface area contributed by atoms with Crippen molar-refractivity contribution >= 4 is 53.3 Å².